The van der Waals surface area contributed by atoms with E-state index in [9.17, 15) is 0 Å². The molecule has 0 aliphatic carbocycles. The van der Waals surface area contributed by atoms with Crippen molar-refractivity contribution in [2.24, 2.45) is 0 Å². The van der Waals surface area contributed by atoms with Gasteiger partial charge in [-0.2, -0.15) is 0 Å². The molecule has 0 amide bonds. The van der Waals surface area contributed by atoms with Gasteiger partial charge in [-0.1, -0.05) is 18.2 Å². The first-order chi connectivity index (χ1) is 12.4. The van der Waals surface area contributed by atoms with Crippen LogP contribution in [0.3, 0.4) is 0 Å². The predicted octanol–water partition coefficient (Wildman–Crippen LogP) is 4.13. The summed E-state index contributed by atoms with van der Waals surface area (Å²) in [4.78, 5) is 12.8. The summed E-state index contributed by atoms with van der Waals surface area (Å²) in [5.41, 5.74) is 4.19. The molecule has 0 aliphatic heterocycles. The van der Waals surface area contributed by atoms with Crippen LogP contribution in [0, 0.1) is 0 Å². The van der Waals surface area contributed by atoms with Gasteiger partial charge in [0.2, 0.25) is 0 Å². The van der Waals surface area contributed by atoms with Crippen LogP contribution >= 0.6 is 0 Å². The molecule has 5 heteroatoms. The zero-order chi connectivity index (χ0) is 16.9. The van der Waals surface area contributed by atoms with Crippen LogP contribution in [0.1, 0.15) is 5.56 Å². The Kier molecular flexibility index (Phi) is 4.20. The lowest BCUT2D eigenvalue weighted by Gasteiger charge is -2.09. The smallest absolute Gasteiger partial charge is 0.130 e. The fourth-order valence-electron chi connectivity index (χ4n) is 2.62. The molecule has 25 heavy (non-hydrogen) atoms. The summed E-state index contributed by atoms with van der Waals surface area (Å²) in [6.45, 7) is 0.813. The molecule has 1 aromatic carbocycles. The molecule has 3 aromatic heterocycles. The van der Waals surface area contributed by atoms with E-state index in [1.165, 1.54) is 5.56 Å². The van der Waals surface area contributed by atoms with Crippen LogP contribution in [0.2, 0.25) is 0 Å². The summed E-state index contributed by atoms with van der Waals surface area (Å²) in [5, 5.41) is 3.34. The molecule has 3 heterocycles. The quantitative estimate of drug-likeness (QED) is 0.599. The van der Waals surface area contributed by atoms with E-state index in [4.69, 9.17) is 0 Å². The number of imidazole rings is 1. The number of nitrogens with zero attached hydrogens (tertiary/aromatic N) is 4. The van der Waals surface area contributed by atoms with Crippen LogP contribution < -0.4 is 5.32 Å². The van der Waals surface area contributed by atoms with E-state index < -0.39 is 0 Å². The molecule has 0 atom stereocenters. The van der Waals surface area contributed by atoms with Crippen molar-refractivity contribution >= 4 is 11.5 Å². The standard InChI is InChI=1S/C20H17N5/c1-2-9-22-19(3-1)17-8-10-23-20(13-17)24-18-6-4-16(5-7-18)14-25-12-11-21-15-25/h1-13,15H,14H2,(H,23,24). The lowest BCUT2D eigenvalue weighted by Crippen LogP contribution is -1.97. The van der Waals surface area contributed by atoms with Crippen molar-refractivity contribution < 1.29 is 0 Å². The third kappa shape index (κ3) is 3.72. The largest absolute Gasteiger partial charge is 0.340 e. The minimum Gasteiger partial charge on any atom is -0.340 e. The molecule has 5 nitrogen and oxygen atoms in total. The number of pyridine rings is 2. The molecule has 4 aromatic rings. The molecule has 1 N–H and O–H groups in total. The molecule has 0 aliphatic rings. The number of hydrogen-bond acceptors (Lipinski definition) is 4. The molecule has 4 rings (SSSR count). The molecule has 0 radical (unpaired) electrons. The molecule has 0 saturated carbocycles. The van der Waals surface area contributed by atoms with E-state index in [1.807, 2.05) is 47.4 Å². The Morgan fingerprint density at radius 2 is 1.80 bits per heavy atom. The third-order valence-electron chi connectivity index (χ3n) is 3.87. The van der Waals surface area contributed by atoms with Crippen molar-refractivity contribution in [2.75, 3.05) is 5.32 Å². The molecule has 122 valence electrons. The number of benzene rings is 1. The summed E-state index contributed by atoms with van der Waals surface area (Å²) in [7, 11) is 0. The Morgan fingerprint density at radius 1 is 0.880 bits per heavy atom. The summed E-state index contributed by atoms with van der Waals surface area (Å²) in [6, 6.07) is 18.2. The number of hydrogen-bond donors (Lipinski definition) is 1. The van der Waals surface area contributed by atoms with Crippen LogP contribution in [0.5, 0.6) is 0 Å². The van der Waals surface area contributed by atoms with Crippen molar-refractivity contribution in [3.8, 4) is 11.3 Å². The van der Waals surface area contributed by atoms with Gasteiger partial charge in [0.25, 0.3) is 0 Å². The predicted molar refractivity (Wildman–Crippen MR) is 98.5 cm³/mol. The molecule has 0 spiro atoms. The molecule has 0 bridgehead atoms. The lowest BCUT2D eigenvalue weighted by molar-refractivity contribution is 0.797. The van der Waals surface area contributed by atoms with E-state index in [1.54, 1.807) is 18.6 Å². The molecular formula is C20H17N5. The van der Waals surface area contributed by atoms with Crippen LogP contribution in [0.4, 0.5) is 11.5 Å². The second kappa shape index (κ2) is 6.97. The molecule has 0 unspecified atom stereocenters. The van der Waals surface area contributed by atoms with Gasteiger partial charge in [-0.15, -0.1) is 0 Å². The Hall–Kier alpha value is -3.47. The fraction of sp³-hybridized carbons (Fsp3) is 0.0500. The van der Waals surface area contributed by atoms with E-state index in [0.717, 1.165) is 29.3 Å². The zero-order valence-electron chi connectivity index (χ0n) is 13.6. The van der Waals surface area contributed by atoms with Gasteiger partial charge in [0.05, 0.1) is 12.0 Å². The van der Waals surface area contributed by atoms with Crippen LogP contribution in [0.25, 0.3) is 11.3 Å². The number of anilines is 2. The second-order valence-electron chi connectivity index (χ2n) is 5.70. The van der Waals surface area contributed by atoms with Crippen LogP contribution in [-0.2, 0) is 6.54 Å². The maximum absolute atomic E-state index is 4.39. The van der Waals surface area contributed by atoms with Crippen LogP contribution in [-0.4, -0.2) is 19.5 Å². The Labute approximate surface area is 146 Å². The van der Waals surface area contributed by atoms with Crippen molar-refractivity contribution in [2.45, 2.75) is 6.54 Å². The number of aromatic nitrogens is 4. The monoisotopic (exact) mass is 327 g/mol. The first-order valence-corrected chi connectivity index (χ1v) is 8.06. The average Bonchev–Trinajstić information content (AvgIpc) is 3.17. The van der Waals surface area contributed by atoms with Crippen molar-refractivity contribution in [1.82, 2.24) is 19.5 Å². The van der Waals surface area contributed by atoms with Crippen LogP contribution in [0.15, 0.2) is 85.7 Å². The van der Waals surface area contributed by atoms with Gasteiger partial charge in [0, 0.05) is 42.6 Å². The summed E-state index contributed by atoms with van der Waals surface area (Å²) >= 11 is 0. The third-order valence-corrected chi connectivity index (χ3v) is 3.87. The minimum absolute atomic E-state index is 0.797. The Balaban J connectivity index is 1.49. The van der Waals surface area contributed by atoms with E-state index >= 15 is 0 Å². The first-order valence-electron chi connectivity index (χ1n) is 8.06. The highest BCUT2D eigenvalue weighted by molar-refractivity contribution is 5.65. The Bertz CT molecular complexity index is 932. The highest BCUT2D eigenvalue weighted by Gasteiger charge is 2.02. The van der Waals surface area contributed by atoms with E-state index in [2.05, 4.69) is 44.5 Å². The Morgan fingerprint density at radius 3 is 2.56 bits per heavy atom. The summed E-state index contributed by atoms with van der Waals surface area (Å²) < 4.78 is 2.04. The second-order valence-corrected chi connectivity index (χ2v) is 5.70. The van der Waals surface area contributed by atoms with Crippen molar-refractivity contribution in [3.63, 3.8) is 0 Å². The first kappa shape index (κ1) is 15.1. The number of nitrogens with one attached hydrogen (secondary N) is 1. The van der Waals surface area contributed by atoms with Gasteiger partial charge in [-0.05, 0) is 42.0 Å². The lowest BCUT2D eigenvalue weighted by atomic mass is 10.1. The van der Waals surface area contributed by atoms with Gasteiger partial charge in [-0.25, -0.2) is 9.97 Å². The highest BCUT2D eigenvalue weighted by Crippen LogP contribution is 2.21. The van der Waals surface area contributed by atoms with Gasteiger partial charge in [-0.3, -0.25) is 4.98 Å². The van der Waals surface area contributed by atoms with E-state index in [-0.39, 0.29) is 0 Å². The minimum atomic E-state index is 0.797. The summed E-state index contributed by atoms with van der Waals surface area (Å²) in [5.74, 6) is 0.797. The normalized spacial score (nSPS) is 10.6. The fourth-order valence-corrected chi connectivity index (χ4v) is 2.62. The zero-order valence-corrected chi connectivity index (χ0v) is 13.6. The molecular weight excluding hydrogens is 310 g/mol. The highest BCUT2D eigenvalue weighted by atomic mass is 15.0. The van der Waals surface area contributed by atoms with E-state index in [0.29, 0.717) is 0 Å². The van der Waals surface area contributed by atoms with Gasteiger partial charge in [0.15, 0.2) is 0 Å². The number of rotatable bonds is 5. The SMILES string of the molecule is c1ccc(-c2ccnc(Nc3ccc(Cn4ccnc4)cc3)c2)nc1. The average molecular weight is 327 g/mol. The maximum atomic E-state index is 4.39. The molecule has 0 saturated heterocycles. The van der Waals surface area contributed by atoms with Crippen molar-refractivity contribution in [1.29, 1.82) is 0 Å². The maximum Gasteiger partial charge on any atom is 0.130 e. The van der Waals surface area contributed by atoms with Gasteiger partial charge in [0.1, 0.15) is 5.82 Å². The van der Waals surface area contributed by atoms with Crippen molar-refractivity contribution in [3.05, 3.63) is 91.3 Å². The van der Waals surface area contributed by atoms with Gasteiger partial charge >= 0.3 is 0 Å². The topological polar surface area (TPSA) is 55.6 Å². The molecule has 0 fully saturated rings. The summed E-state index contributed by atoms with van der Waals surface area (Å²) in [6.07, 6.45) is 9.15. The van der Waals surface area contributed by atoms with Gasteiger partial charge < -0.3 is 9.88 Å².